The number of fused-ring (bicyclic) bond motifs is 1. The Labute approximate surface area is 142 Å². The fourth-order valence-corrected chi connectivity index (χ4v) is 2.58. The van der Waals surface area contributed by atoms with Crippen molar-refractivity contribution in [1.29, 1.82) is 0 Å². The molecule has 0 radical (unpaired) electrons. The molecule has 6 nitrogen and oxygen atoms in total. The van der Waals surface area contributed by atoms with Crippen LogP contribution in [0.1, 0.15) is 46.4 Å². The van der Waals surface area contributed by atoms with Gasteiger partial charge in [-0.3, -0.25) is 9.59 Å². The number of benzene rings is 1. The van der Waals surface area contributed by atoms with E-state index in [-0.39, 0.29) is 12.1 Å². The lowest BCUT2D eigenvalue weighted by Gasteiger charge is -2.27. The lowest BCUT2D eigenvalue weighted by atomic mass is 10.0. The van der Waals surface area contributed by atoms with E-state index >= 15 is 0 Å². The second-order valence-corrected chi connectivity index (χ2v) is 6.98. The Kier molecular flexibility index (Phi) is 5.72. The van der Waals surface area contributed by atoms with Crippen molar-refractivity contribution in [2.24, 2.45) is 0 Å². The molecule has 1 amide bonds. The lowest BCUT2D eigenvalue weighted by molar-refractivity contribution is -0.139. The van der Waals surface area contributed by atoms with E-state index in [9.17, 15) is 9.59 Å². The molecule has 1 atom stereocenters. The van der Waals surface area contributed by atoms with Crippen molar-refractivity contribution < 1.29 is 9.59 Å². The van der Waals surface area contributed by atoms with Gasteiger partial charge in [0.15, 0.2) is 0 Å². The molecule has 1 aromatic carbocycles. The van der Waals surface area contributed by atoms with Crippen molar-refractivity contribution in [3.63, 3.8) is 0 Å². The minimum absolute atomic E-state index is 0.202. The quantitative estimate of drug-likeness (QED) is 0.680. The van der Waals surface area contributed by atoms with Gasteiger partial charge in [0.25, 0.3) is 5.91 Å². The number of nitrogens with zero attached hydrogens (tertiary/aromatic N) is 1. The monoisotopic (exact) mass is 330 g/mol. The smallest absolute Gasteiger partial charge is 0.289 e. The number of rotatable bonds is 7. The van der Waals surface area contributed by atoms with E-state index < -0.39 is 17.7 Å². The van der Waals surface area contributed by atoms with Crippen LogP contribution in [0.5, 0.6) is 0 Å². The maximum Gasteiger partial charge on any atom is 0.289 e. The molecule has 2 rings (SSSR count). The van der Waals surface area contributed by atoms with Gasteiger partial charge in [-0.15, -0.1) is 0 Å². The summed E-state index contributed by atoms with van der Waals surface area (Å²) >= 11 is 0. The van der Waals surface area contributed by atoms with Crippen LogP contribution in [0.15, 0.2) is 24.3 Å². The molecule has 0 aliphatic heterocycles. The summed E-state index contributed by atoms with van der Waals surface area (Å²) < 4.78 is 0. The van der Waals surface area contributed by atoms with Gasteiger partial charge in [-0.05, 0) is 39.3 Å². The summed E-state index contributed by atoms with van der Waals surface area (Å²) in [6.45, 7) is 8.14. The van der Waals surface area contributed by atoms with Gasteiger partial charge in [-0.25, -0.2) is 4.98 Å². The fourth-order valence-electron chi connectivity index (χ4n) is 2.58. The standard InChI is InChI=1S/C18H26N4O2/c1-5-8-14(22-18(2,3)4)16(23)17(24)19-11-15-20-12-9-6-7-10-13(12)21-15/h6-7,9-10,14,22H,5,8,11H2,1-4H3,(H,19,24)(H,20,21). The number of aromatic nitrogens is 2. The maximum absolute atomic E-state index is 12.4. The number of carbonyl (C=O) groups excluding carboxylic acids is 2. The normalized spacial score (nSPS) is 13.0. The molecule has 24 heavy (non-hydrogen) atoms. The third kappa shape index (κ3) is 4.89. The second kappa shape index (κ2) is 7.57. The number of para-hydroxylation sites is 2. The van der Waals surface area contributed by atoms with E-state index in [1.807, 2.05) is 52.0 Å². The number of imidazole rings is 1. The molecule has 6 heteroatoms. The van der Waals surface area contributed by atoms with Crippen LogP contribution in [0, 0.1) is 0 Å². The van der Waals surface area contributed by atoms with Crippen molar-refractivity contribution in [1.82, 2.24) is 20.6 Å². The van der Waals surface area contributed by atoms with Crippen LogP contribution in [0.2, 0.25) is 0 Å². The Morgan fingerprint density at radius 2 is 1.96 bits per heavy atom. The highest BCUT2D eigenvalue weighted by molar-refractivity contribution is 6.38. The molecule has 0 bridgehead atoms. The minimum atomic E-state index is -0.578. The summed E-state index contributed by atoms with van der Waals surface area (Å²) in [6, 6.07) is 7.17. The first-order valence-electron chi connectivity index (χ1n) is 8.33. The predicted molar refractivity (Wildman–Crippen MR) is 94.5 cm³/mol. The number of carbonyl (C=O) groups is 2. The fraction of sp³-hybridized carbons (Fsp3) is 0.500. The van der Waals surface area contributed by atoms with Crippen molar-refractivity contribution in [3.8, 4) is 0 Å². The first-order chi connectivity index (χ1) is 11.3. The number of nitrogens with one attached hydrogen (secondary N) is 3. The van der Waals surface area contributed by atoms with E-state index in [1.54, 1.807) is 0 Å². The van der Waals surface area contributed by atoms with Crippen LogP contribution < -0.4 is 10.6 Å². The molecule has 3 N–H and O–H groups in total. The molecule has 0 aliphatic rings. The molecule has 1 unspecified atom stereocenters. The van der Waals surface area contributed by atoms with E-state index in [4.69, 9.17) is 0 Å². The molecule has 0 aliphatic carbocycles. The van der Waals surface area contributed by atoms with Gasteiger partial charge >= 0.3 is 0 Å². The molecule has 130 valence electrons. The van der Waals surface area contributed by atoms with Crippen molar-refractivity contribution >= 4 is 22.7 Å². The zero-order chi connectivity index (χ0) is 17.7. The summed E-state index contributed by atoms with van der Waals surface area (Å²) in [5, 5.41) is 5.89. The summed E-state index contributed by atoms with van der Waals surface area (Å²) in [6.07, 6.45) is 1.46. The van der Waals surface area contributed by atoms with E-state index in [1.165, 1.54) is 0 Å². The summed E-state index contributed by atoms with van der Waals surface area (Å²) in [4.78, 5) is 32.1. The number of hydrogen-bond donors (Lipinski definition) is 3. The first kappa shape index (κ1) is 18.1. The van der Waals surface area contributed by atoms with Crippen molar-refractivity contribution in [2.45, 2.75) is 58.7 Å². The maximum atomic E-state index is 12.4. The van der Waals surface area contributed by atoms with Crippen LogP contribution in [0.4, 0.5) is 0 Å². The molecule has 0 saturated carbocycles. The molecular weight excluding hydrogens is 304 g/mol. The van der Waals surface area contributed by atoms with Gasteiger partial charge in [-0.2, -0.15) is 0 Å². The highest BCUT2D eigenvalue weighted by atomic mass is 16.2. The molecule has 2 aromatic rings. The average Bonchev–Trinajstić information content (AvgIpc) is 2.93. The Balaban J connectivity index is 1.97. The molecule has 1 aromatic heterocycles. The van der Waals surface area contributed by atoms with Crippen LogP contribution in [-0.4, -0.2) is 33.2 Å². The van der Waals surface area contributed by atoms with Crippen LogP contribution in [-0.2, 0) is 16.1 Å². The zero-order valence-electron chi connectivity index (χ0n) is 14.8. The van der Waals surface area contributed by atoms with E-state index in [2.05, 4.69) is 20.6 Å². The second-order valence-electron chi connectivity index (χ2n) is 6.98. The van der Waals surface area contributed by atoms with Crippen molar-refractivity contribution in [3.05, 3.63) is 30.1 Å². The number of amides is 1. The number of aromatic amines is 1. The van der Waals surface area contributed by atoms with Gasteiger partial charge in [0.2, 0.25) is 5.78 Å². The molecular formula is C18H26N4O2. The van der Waals surface area contributed by atoms with Crippen molar-refractivity contribution in [2.75, 3.05) is 0 Å². The highest BCUT2D eigenvalue weighted by Gasteiger charge is 2.27. The Morgan fingerprint density at radius 3 is 2.58 bits per heavy atom. The third-order valence-corrected chi connectivity index (χ3v) is 3.58. The zero-order valence-corrected chi connectivity index (χ0v) is 14.8. The Bertz CT molecular complexity index is 682. The van der Waals surface area contributed by atoms with Crippen LogP contribution in [0.3, 0.4) is 0 Å². The Hall–Kier alpha value is -2.21. The molecule has 0 fully saturated rings. The highest BCUT2D eigenvalue weighted by Crippen LogP contribution is 2.10. The number of Topliss-reactive ketones (excluding diaryl/α,β-unsaturated/α-hetero) is 1. The third-order valence-electron chi connectivity index (χ3n) is 3.58. The van der Waals surface area contributed by atoms with Gasteiger partial charge < -0.3 is 15.6 Å². The number of hydrogen-bond acceptors (Lipinski definition) is 4. The lowest BCUT2D eigenvalue weighted by Crippen LogP contribution is -2.51. The number of ketones is 1. The van der Waals surface area contributed by atoms with Crippen LogP contribution in [0.25, 0.3) is 11.0 Å². The molecule has 1 heterocycles. The van der Waals surface area contributed by atoms with Gasteiger partial charge in [0, 0.05) is 5.54 Å². The molecule has 0 spiro atoms. The topological polar surface area (TPSA) is 86.9 Å². The SMILES string of the molecule is CCCC(NC(C)(C)C)C(=O)C(=O)NCc1nc2ccccc2[nH]1. The van der Waals surface area contributed by atoms with Gasteiger partial charge in [0.1, 0.15) is 5.82 Å². The Morgan fingerprint density at radius 1 is 1.25 bits per heavy atom. The summed E-state index contributed by atoms with van der Waals surface area (Å²) in [5.41, 5.74) is 1.52. The molecule has 0 saturated heterocycles. The summed E-state index contributed by atoms with van der Waals surface area (Å²) in [7, 11) is 0. The average molecular weight is 330 g/mol. The van der Waals surface area contributed by atoms with Gasteiger partial charge in [0.05, 0.1) is 23.6 Å². The van der Waals surface area contributed by atoms with E-state index in [0.717, 1.165) is 17.5 Å². The van der Waals surface area contributed by atoms with Gasteiger partial charge in [-0.1, -0.05) is 25.5 Å². The minimum Gasteiger partial charge on any atom is -0.342 e. The van der Waals surface area contributed by atoms with Crippen LogP contribution >= 0.6 is 0 Å². The number of H-pyrrole nitrogens is 1. The van der Waals surface area contributed by atoms with E-state index in [0.29, 0.717) is 12.2 Å². The predicted octanol–water partition coefficient (Wildman–Crippen LogP) is 2.30. The largest absolute Gasteiger partial charge is 0.342 e. The first-order valence-corrected chi connectivity index (χ1v) is 8.33. The summed E-state index contributed by atoms with van der Waals surface area (Å²) in [5.74, 6) is -0.373.